The van der Waals surface area contributed by atoms with Crippen LogP contribution in [0.5, 0.6) is 0 Å². The molecular formula is C59H104O6. The second kappa shape index (κ2) is 53.7. The van der Waals surface area contributed by atoms with Crippen molar-refractivity contribution in [2.75, 3.05) is 13.2 Å². The molecule has 0 spiro atoms. The van der Waals surface area contributed by atoms with Crippen LogP contribution in [0.1, 0.15) is 278 Å². The fourth-order valence-electron chi connectivity index (χ4n) is 7.89. The van der Waals surface area contributed by atoms with E-state index in [2.05, 4.69) is 81.5 Å². The lowest BCUT2D eigenvalue weighted by atomic mass is 10.0. The summed E-state index contributed by atoms with van der Waals surface area (Å²) in [6.45, 7) is 6.48. The van der Waals surface area contributed by atoms with E-state index in [1.165, 1.54) is 141 Å². The molecule has 0 aromatic carbocycles. The van der Waals surface area contributed by atoms with Crippen LogP contribution in [0.25, 0.3) is 0 Å². The van der Waals surface area contributed by atoms with Crippen molar-refractivity contribution >= 4 is 17.9 Å². The number of allylic oxidation sites excluding steroid dienone is 10. The van der Waals surface area contributed by atoms with Crippen LogP contribution in [0, 0.1) is 0 Å². The summed E-state index contributed by atoms with van der Waals surface area (Å²) in [5.41, 5.74) is 0. The summed E-state index contributed by atoms with van der Waals surface area (Å²) in [6, 6.07) is 0. The minimum absolute atomic E-state index is 0.0831. The number of unbranched alkanes of at least 4 members (excludes halogenated alkanes) is 31. The molecule has 0 aliphatic heterocycles. The first-order chi connectivity index (χ1) is 32.0. The largest absolute Gasteiger partial charge is 0.462 e. The topological polar surface area (TPSA) is 78.9 Å². The molecule has 0 aromatic heterocycles. The highest BCUT2D eigenvalue weighted by atomic mass is 16.6. The van der Waals surface area contributed by atoms with Crippen LogP contribution in [-0.4, -0.2) is 37.2 Å². The predicted octanol–water partition coefficient (Wildman–Crippen LogP) is 18.4. The Morgan fingerprint density at radius 3 is 1.08 bits per heavy atom. The lowest BCUT2D eigenvalue weighted by molar-refractivity contribution is -0.167. The van der Waals surface area contributed by atoms with Gasteiger partial charge in [0.2, 0.25) is 0 Å². The number of esters is 3. The van der Waals surface area contributed by atoms with Crippen LogP contribution in [0.2, 0.25) is 0 Å². The highest BCUT2D eigenvalue weighted by Crippen LogP contribution is 2.16. The third kappa shape index (κ3) is 51.9. The fourth-order valence-corrected chi connectivity index (χ4v) is 7.89. The molecule has 0 saturated carbocycles. The van der Waals surface area contributed by atoms with Crippen molar-refractivity contribution < 1.29 is 28.6 Å². The van der Waals surface area contributed by atoms with Crippen molar-refractivity contribution in [3.63, 3.8) is 0 Å². The Balaban J connectivity index is 4.38. The second-order valence-corrected chi connectivity index (χ2v) is 18.5. The van der Waals surface area contributed by atoms with Crippen molar-refractivity contribution in [1.29, 1.82) is 0 Å². The van der Waals surface area contributed by atoms with Crippen molar-refractivity contribution in [2.45, 2.75) is 284 Å². The quantitative estimate of drug-likeness (QED) is 0.0199. The maximum atomic E-state index is 12.8. The van der Waals surface area contributed by atoms with Crippen molar-refractivity contribution in [3.8, 4) is 0 Å². The molecule has 6 nitrogen and oxygen atoms in total. The molecule has 0 saturated heterocycles. The van der Waals surface area contributed by atoms with E-state index in [1.54, 1.807) is 0 Å². The fraction of sp³-hybridized carbons (Fsp3) is 0.780. The standard InChI is InChI=1S/C59H104O6/c1-4-7-10-13-16-19-22-25-27-29-31-34-37-40-43-46-49-52-58(61)64-55-56(54-63-57(60)51-48-45-42-39-36-33-24-21-18-15-12-9-6-3)65-59(62)53-50-47-44-41-38-35-32-30-28-26-23-20-17-14-11-8-5-2/h9,12,15-16,18-19,21,24-25,27,56H,4-8,10-11,13-14,17,20,22-23,26,28-55H2,1-3H3/b12-9-,18-15-,19-16-,24-21-,27-25-. The maximum absolute atomic E-state index is 12.8. The molecule has 0 aromatic rings. The smallest absolute Gasteiger partial charge is 0.306 e. The van der Waals surface area contributed by atoms with Crippen LogP contribution in [0.15, 0.2) is 60.8 Å². The molecule has 0 radical (unpaired) electrons. The Kier molecular flexibility index (Phi) is 51.3. The van der Waals surface area contributed by atoms with Gasteiger partial charge in [0, 0.05) is 19.3 Å². The predicted molar refractivity (Wildman–Crippen MR) is 279 cm³/mol. The number of carbonyl (C=O) groups is 3. The van der Waals surface area contributed by atoms with E-state index in [4.69, 9.17) is 14.2 Å². The molecular weight excluding hydrogens is 805 g/mol. The van der Waals surface area contributed by atoms with E-state index < -0.39 is 6.10 Å². The van der Waals surface area contributed by atoms with Gasteiger partial charge in [-0.05, 0) is 70.6 Å². The Bertz CT molecular complexity index is 1180. The van der Waals surface area contributed by atoms with Gasteiger partial charge in [-0.1, -0.05) is 248 Å². The molecule has 0 aliphatic carbocycles. The summed E-state index contributed by atoms with van der Waals surface area (Å²) >= 11 is 0. The van der Waals surface area contributed by atoms with E-state index in [0.717, 1.165) is 96.3 Å². The third-order valence-electron chi connectivity index (χ3n) is 12.1. The van der Waals surface area contributed by atoms with Gasteiger partial charge in [-0.25, -0.2) is 0 Å². The molecule has 0 rings (SSSR count). The Morgan fingerprint density at radius 2 is 0.662 bits per heavy atom. The summed E-state index contributed by atoms with van der Waals surface area (Å²) in [5, 5.41) is 0. The summed E-state index contributed by atoms with van der Waals surface area (Å²) in [7, 11) is 0. The molecule has 0 heterocycles. The highest BCUT2D eigenvalue weighted by Gasteiger charge is 2.19. The number of rotatable bonds is 50. The van der Waals surface area contributed by atoms with Crippen LogP contribution in [0.3, 0.4) is 0 Å². The van der Waals surface area contributed by atoms with Crippen LogP contribution in [-0.2, 0) is 28.6 Å². The lowest BCUT2D eigenvalue weighted by Crippen LogP contribution is -2.30. The van der Waals surface area contributed by atoms with Gasteiger partial charge >= 0.3 is 17.9 Å². The highest BCUT2D eigenvalue weighted by molar-refractivity contribution is 5.71. The van der Waals surface area contributed by atoms with E-state index in [0.29, 0.717) is 19.3 Å². The van der Waals surface area contributed by atoms with Crippen LogP contribution in [0.4, 0.5) is 0 Å². The normalized spacial score (nSPS) is 12.5. The van der Waals surface area contributed by atoms with Gasteiger partial charge in [-0.2, -0.15) is 0 Å². The van der Waals surface area contributed by atoms with Gasteiger partial charge in [0.05, 0.1) is 0 Å². The first-order valence-electron chi connectivity index (χ1n) is 27.8. The summed E-state index contributed by atoms with van der Waals surface area (Å²) in [4.78, 5) is 38.1. The molecule has 0 aliphatic rings. The van der Waals surface area contributed by atoms with Gasteiger partial charge < -0.3 is 14.2 Å². The second-order valence-electron chi connectivity index (χ2n) is 18.5. The van der Waals surface area contributed by atoms with Gasteiger partial charge in [-0.15, -0.1) is 0 Å². The molecule has 376 valence electrons. The number of carbonyl (C=O) groups excluding carboxylic acids is 3. The minimum Gasteiger partial charge on any atom is -0.462 e. The molecule has 1 unspecified atom stereocenters. The molecule has 1 atom stereocenters. The van der Waals surface area contributed by atoms with Crippen LogP contribution < -0.4 is 0 Å². The summed E-state index contributed by atoms with van der Waals surface area (Å²) in [6.07, 6.45) is 66.3. The minimum atomic E-state index is -0.784. The van der Waals surface area contributed by atoms with E-state index in [-0.39, 0.29) is 31.1 Å². The first-order valence-corrected chi connectivity index (χ1v) is 27.8. The monoisotopic (exact) mass is 909 g/mol. The zero-order valence-corrected chi connectivity index (χ0v) is 43.0. The van der Waals surface area contributed by atoms with Gasteiger partial charge in [-0.3, -0.25) is 14.4 Å². The van der Waals surface area contributed by atoms with Gasteiger partial charge in [0.25, 0.3) is 0 Å². The van der Waals surface area contributed by atoms with Gasteiger partial charge in [0.15, 0.2) is 6.10 Å². The number of ether oxygens (including phenoxy) is 3. The molecule has 0 amide bonds. The Morgan fingerprint density at radius 1 is 0.338 bits per heavy atom. The Hall–Kier alpha value is -2.89. The van der Waals surface area contributed by atoms with Crippen LogP contribution >= 0.6 is 0 Å². The average molecular weight is 909 g/mol. The molecule has 0 N–H and O–H groups in total. The maximum Gasteiger partial charge on any atom is 0.306 e. The van der Waals surface area contributed by atoms with E-state index in [9.17, 15) is 14.4 Å². The summed E-state index contributed by atoms with van der Waals surface area (Å²) < 4.78 is 16.8. The molecule has 0 bridgehead atoms. The average Bonchev–Trinajstić information content (AvgIpc) is 3.30. The van der Waals surface area contributed by atoms with E-state index >= 15 is 0 Å². The number of hydrogen-bond donors (Lipinski definition) is 0. The SMILES string of the molecule is CC\C=C/C=C\C=C/CCCCCCCC(=O)OCC(COC(=O)CCCCCCCCC/C=C\C/C=C\CCCCC)OC(=O)CCCCCCCCCCCCCCCCCCC. The lowest BCUT2D eigenvalue weighted by Gasteiger charge is -2.18. The Labute approximate surface area is 402 Å². The molecule has 6 heteroatoms. The zero-order valence-electron chi connectivity index (χ0n) is 43.0. The summed E-state index contributed by atoms with van der Waals surface area (Å²) in [5.74, 6) is -0.900. The molecule has 65 heavy (non-hydrogen) atoms. The zero-order chi connectivity index (χ0) is 47.2. The van der Waals surface area contributed by atoms with Crippen molar-refractivity contribution in [3.05, 3.63) is 60.8 Å². The molecule has 0 fully saturated rings. The van der Waals surface area contributed by atoms with Gasteiger partial charge in [0.1, 0.15) is 13.2 Å². The number of hydrogen-bond acceptors (Lipinski definition) is 6. The first kappa shape index (κ1) is 62.1. The van der Waals surface area contributed by atoms with E-state index in [1.807, 2.05) is 0 Å². The third-order valence-corrected chi connectivity index (χ3v) is 12.1. The van der Waals surface area contributed by atoms with Crippen molar-refractivity contribution in [1.82, 2.24) is 0 Å². The van der Waals surface area contributed by atoms with Crippen molar-refractivity contribution in [2.24, 2.45) is 0 Å².